The zero-order chi connectivity index (χ0) is 12.3. The van der Waals surface area contributed by atoms with E-state index in [1.165, 1.54) is 12.3 Å². The van der Waals surface area contributed by atoms with Gasteiger partial charge in [-0.2, -0.15) is 0 Å². The Morgan fingerprint density at radius 1 is 1.53 bits per heavy atom. The van der Waals surface area contributed by atoms with E-state index < -0.39 is 5.97 Å². The van der Waals surface area contributed by atoms with Gasteiger partial charge >= 0.3 is 12.0 Å². The monoisotopic (exact) mass is 235 g/mol. The van der Waals surface area contributed by atoms with Crippen molar-refractivity contribution in [2.24, 2.45) is 0 Å². The van der Waals surface area contributed by atoms with Gasteiger partial charge in [0.15, 0.2) is 0 Å². The number of nitrogens with zero attached hydrogens (tertiary/aromatic N) is 2. The summed E-state index contributed by atoms with van der Waals surface area (Å²) in [6.07, 6.45) is 2.41. The van der Waals surface area contributed by atoms with Crippen molar-refractivity contribution < 1.29 is 14.7 Å². The number of carbonyl (C=O) groups is 2. The lowest BCUT2D eigenvalue weighted by atomic mass is 10.2. The molecule has 0 radical (unpaired) electrons. The summed E-state index contributed by atoms with van der Waals surface area (Å²) in [6.45, 7) is 1.89. The van der Waals surface area contributed by atoms with Crippen LogP contribution in [-0.4, -0.2) is 40.1 Å². The van der Waals surface area contributed by atoms with E-state index in [1.807, 2.05) is 0 Å². The molecule has 6 nitrogen and oxygen atoms in total. The van der Waals surface area contributed by atoms with E-state index in [2.05, 4.69) is 10.3 Å². The number of amides is 2. The molecule has 0 unspecified atom stereocenters. The van der Waals surface area contributed by atoms with E-state index >= 15 is 0 Å². The van der Waals surface area contributed by atoms with Crippen molar-refractivity contribution in [2.45, 2.75) is 13.0 Å². The van der Waals surface area contributed by atoms with E-state index in [4.69, 9.17) is 5.11 Å². The third kappa shape index (κ3) is 2.72. The molecule has 1 aromatic heterocycles. The molecule has 2 N–H and O–H groups in total. The summed E-state index contributed by atoms with van der Waals surface area (Å²) in [5.74, 6) is -1.05. The predicted octanol–water partition coefficient (Wildman–Crippen LogP) is 0.695. The van der Waals surface area contributed by atoms with Gasteiger partial charge in [0.2, 0.25) is 0 Å². The molecule has 17 heavy (non-hydrogen) atoms. The largest absolute Gasteiger partial charge is 0.477 e. The third-order valence-corrected chi connectivity index (χ3v) is 2.59. The molecule has 1 aromatic rings. The molecule has 6 heteroatoms. The van der Waals surface area contributed by atoms with Gasteiger partial charge in [-0.05, 0) is 18.1 Å². The molecule has 2 rings (SSSR count). The van der Waals surface area contributed by atoms with E-state index in [0.29, 0.717) is 19.6 Å². The Balaban J connectivity index is 2.03. The van der Waals surface area contributed by atoms with Gasteiger partial charge in [-0.3, -0.25) is 0 Å². The molecule has 1 aliphatic rings. The lowest BCUT2D eigenvalue weighted by Crippen LogP contribution is -2.45. The number of nitrogens with one attached hydrogen (secondary N) is 1. The first-order chi connectivity index (χ1) is 8.16. The molecule has 0 saturated carbocycles. The second kappa shape index (κ2) is 4.82. The van der Waals surface area contributed by atoms with Crippen molar-refractivity contribution >= 4 is 12.0 Å². The second-order valence-corrected chi connectivity index (χ2v) is 3.86. The summed E-state index contributed by atoms with van der Waals surface area (Å²) in [5.41, 5.74) is 0.837. The van der Waals surface area contributed by atoms with Crippen LogP contribution in [0.4, 0.5) is 4.79 Å². The van der Waals surface area contributed by atoms with E-state index in [9.17, 15) is 9.59 Å². The maximum Gasteiger partial charge on any atom is 0.354 e. The first kappa shape index (κ1) is 11.4. The van der Waals surface area contributed by atoms with E-state index in [-0.39, 0.29) is 11.7 Å². The van der Waals surface area contributed by atoms with Crippen LogP contribution in [0.1, 0.15) is 22.5 Å². The van der Waals surface area contributed by atoms with Crippen molar-refractivity contribution in [3.05, 3.63) is 29.6 Å². The molecule has 2 amide bonds. The van der Waals surface area contributed by atoms with Crippen molar-refractivity contribution in [1.29, 1.82) is 0 Å². The summed E-state index contributed by atoms with van der Waals surface area (Å²) >= 11 is 0. The Morgan fingerprint density at radius 2 is 2.35 bits per heavy atom. The maximum atomic E-state index is 11.5. The van der Waals surface area contributed by atoms with Crippen LogP contribution in [0.25, 0.3) is 0 Å². The number of hydrogen-bond acceptors (Lipinski definition) is 3. The fourth-order valence-electron chi connectivity index (χ4n) is 1.69. The van der Waals surface area contributed by atoms with Gasteiger partial charge in [0.25, 0.3) is 0 Å². The second-order valence-electron chi connectivity index (χ2n) is 3.86. The van der Waals surface area contributed by atoms with Crippen LogP contribution in [-0.2, 0) is 6.54 Å². The molecule has 1 aliphatic heterocycles. The average Bonchev–Trinajstić information content (AvgIpc) is 2.33. The first-order valence-electron chi connectivity index (χ1n) is 5.38. The van der Waals surface area contributed by atoms with Crippen LogP contribution >= 0.6 is 0 Å². The average molecular weight is 235 g/mol. The molecular weight excluding hydrogens is 222 g/mol. The number of hydrogen-bond donors (Lipinski definition) is 2. The fourth-order valence-corrected chi connectivity index (χ4v) is 1.69. The third-order valence-electron chi connectivity index (χ3n) is 2.59. The fraction of sp³-hybridized carbons (Fsp3) is 0.364. The predicted molar refractivity (Wildman–Crippen MR) is 59.6 cm³/mol. The quantitative estimate of drug-likeness (QED) is 0.807. The number of rotatable bonds is 3. The molecule has 0 aliphatic carbocycles. The molecular formula is C11H13N3O3. The van der Waals surface area contributed by atoms with Crippen LogP contribution in [0.5, 0.6) is 0 Å². The summed E-state index contributed by atoms with van der Waals surface area (Å²) in [4.78, 5) is 27.6. The lowest BCUT2D eigenvalue weighted by molar-refractivity contribution is 0.0690. The minimum atomic E-state index is -1.05. The highest BCUT2D eigenvalue weighted by Gasteiger charge is 2.17. The van der Waals surface area contributed by atoms with Crippen LogP contribution in [0, 0.1) is 0 Å². The van der Waals surface area contributed by atoms with Gasteiger partial charge in [0.1, 0.15) is 5.69 Å². The normalized spacial score (nSPS) is 15.5. The van der Waals surface area contributed by atoms with Gasteiger partial charge in [-0.15, -0.1) is 0 Å². The Morgan fingerprint density at radius 3 is 2.94 bits per heavy atom. The van der Waals surface area contributed by atoms with Crippen molar-refractivity contribution in [1.82, 2.24) is 15.2 Å². The highest BCUT2D eigenvalue weighted by Crippen LogP contribution is 2.08. The van der Waals surface area contributed by atoms with Crippen molar-refractivity contribution in [2.75, 3.05) is 13.1 Å². The Hall–Kier alpha value is -2.11. The zero-order valence-corrected chi connectivity index (χ0v) is 9.22. The number of aromatic nitrogens is 1. The molecule has 1 fully saturated rings. The van der Waals surface area contributed by atoms with Crippen LogP contribution in [0.3, 0.4) is 0 Å². The highest BCUT2D eigenvalue weighted by atomic mass is 16.4. The van der Waals surface area contributed by atoms with Crippen LogP contribution < -0.4 is 5.32 Å². The lowest BCUT2D eigenvalue weighted by Gasteiger charge is -2.27. The SMILES string of the molecule is O=C(O)c1ccc(CN2CCCNC2=O)cn1. The van der Waals surface area contributed by atoms with Crippen molar-refractivity contribution in [3.63, 3.8) is 0 Å². The standard InChI is InChI=1S/C11H13N3O3/c15-10(16)9-3-2-8(6-13-9)7-14-5-1-4-12-11(14)17/h2-3,6H,1,4-5,7H2,(H,12,17)(H,15,16). The Bertz CT molecular complexity index is 430. The number of carbonyl (C=O) groups excluding carboxylic acids is 1. The first-order valence-corrected chi connectivity index (χ1v) is 5.38. The minimum Gasteiger partial charge on any atom is -0.477 e. The highest BCUT2D eigenvalue weighted by molar-refractivity contribution is 5.85. The van der Waals surface area contributed by atoms with Gasteiger partial charge in [-0.1, -0.05) is 6.07 Å². The zero-order valence-electron chi connectivity index (χ0n) is 9.22. The van der Waals surface area contributed by atoms with Gasteiger partial charge in [0, 0.05) is 25.8 Å². The Kier molecular flexibility index (Phi) is 3.22. The number of aromatic carboxylic acids is 1. The molecule has 0 bridgehead atoms. The van der Waals surface area contributed by atoms with Gasteiger partial charge in [0.05, 0.1) is 0 Å². The van der Waals surface area contributed by atoms with E-state index in [1.54, 1.807) is 11.0 Å². The molecule has 2 heterocycles. The molecule has 0 spiro atoms. The summed E-state index contributed by atoms with van der Waals surface area (Å²) < 4.78 is 0. The topological polar surface area (TPSA) is 82.5 Å². The number of pyridine rings is 1. The minimum absolute atomic E-state index is 0.0110. The number of urea groups is 1. The van der Waals surface area contributed by atoms with Crippen molar-refractivity contribution in [3.8, 4) is 0 Å². The summed E-state index contributed by atoms with van der Waals surface area (Å²) in [6, 6.07) is 3.04. The smallest absolute Gasteiger partial charge is 0.354 e. The van der Waals surface area contributed by atoms with Gasteiger partial charge in [-0.25, -0.2) is 14.6 Å². The number of carboxylic acids is 1. The van der Waals surface area contributed by atoms with Gasteiger partial charge < -0.3 is 15.3 Å². The molecule has 0 atom stereocenters. The van der Waals surface area contributed by atoms with E-state index in [0.717, 1.165) is 12.0 Å². The molecule has 1 saturated heterocycles. The summed E-state index contributed by atoms with van der Waals surface area (Å²) in [5, 5.41) is 11.5. The maximum absolute atomic E-state index is 11.5. The number of carboxylic acid groups (broad SMARTS) is 1. The molecule has 90 valence electrons. The molecule has 0 aromatic carbocycles. The van der Waals surface area contributed by atoms with Crippen LogP contribution in [0.2, 0.25) is 0 Å². The summed E-state index contributed by atoms with van der Waals surface area (Å²) in [7, 11) is 0. The Labute approximate surface area is 98.3 Å². The van der Waals surface area contributed by atoms with Crippen LogP contribution in [0.15, 0.2) is 18.3 Å².